The van der Waals surface area contributed by atoms with Crippen molar-refractivity contribution in [3.05, 3.63) is 71.3 Å². The number of carbonyl (C=O) groups excluding carboxylic acids is 1. The van der Waals surface area contributed by atoms with Gasteiger partial charge in [0, 0.05) is 18.7 Å². The molecule has 0 aromatic heterocycles. The van der Waals surface area contributed by atoms with Crippen molar-refractivity contribution in [2.75, 3.05) is 19.6 Å². The van der Waals surface area contributed by atoms with E-state index in [0.717, 1.165) is 31.6 Å². The Bertz CT molecular complexity index is 687. The SMILES string of the molecule is CCN(CC)C(CNC(=O)c1ccc(F)cc1F)Cc1ccccc1. The number of halogens is 2. The predicted octanol–water partition coefficient (Wildman–Crippen LogP) is 3.65. The second-order valence-electron chi connectivity index (χ2n) is 5.90. The number of nitrogens with zero attached hydrogens (tertiary/aromatic N) is 1. The van der Waals surface area contributed by atoms with Gasteiger partial charge in [0.2, 0.25) is 0 Å². The van der Waals surface area contributed by atoms with Gasteiger partial charge in [-0.3, -0.25) is 9.69 Å². The Kier molecular flexibility index (Phi) is 7.07. The summed E-state index contributed by atoms with van der Waals surface area (Å²) < 4.78 is 26.7. The Morgan fingerprint density at radius 2 is 1.76 bits per heavy atom. The average molecular weight is 346 g/mol. The van der Waals surface area contributed by atoms with Gasteiger partial charge in [-0.15, -0.1) is 0 Å². The lowest BCUT2D eigenvalue weighted by Gasteiger charge is -2.30. The molecule has 1 amide bonds. The monoisotopic (exact) mass is 346 g/mol. The van der Waals surface area contributed by atoms with Gasteiger partial charge in [0.1, 0.15) is 11.6 Å². The van der Waals surface area contributed by atoms with Crippen LogP contribution in [0.3, 0.4) is 0 Å². The van der Waals surface area contributed by atoms with E-state index in [2.05, 4.69) is 36.2 Å². The molecular formula is C20H24F2N2O. The van der Waals surface area contributed by atoms with Crippen LogP contribution in [0.5, 0.6) is 0 Å². The van der Waals surface area contributed by atoms with Gasteiger partial charge in [0.05, 0.1) is 5.56 Å². The van der Waals surface area contributed by atoms with Crippen molar-refractivity contribution in [1.29, 1.82) is 0 Å². The first-order valence-electron chi connectivity index (χ1n) is 8.56. The third-order valence-corrected chi connectivity index (χ3v) is 4.32. The zero-order valence-corrected chi connectivity index (χ0v) is 14.6. The first-order chi connectivity index (χ1) is 12.0. The lowest BCUT2D eigenvalue weighted by molar-refractivity contribution is 0.0930. The smallest absolute Gasteiger partial charge is 0.254 e. The normalized spacial score (nSPS) is 12.2. The second kappa shape index (κ2) is 9.28. The van der Waals surface area contributed by atoms with Gasteiger partial charge in [-0.25, -0.2) is 8.78 Å². The summed E-state index contributed by atoms with van der Waals surface area (Å²) in [5.74, 6) is -2.07. The van der Waals surface area contributed by atoms with E-state index in [4.69, 9.17) is 0 Å². The van der Waals surface area contributed by atoms with Crippen LogP contribution >= 0.6 is 0 Å². The fourth-order valence-electron chi connectivity index (χ4n) is 2.94. The summed E-state index contributed by atoms with van der Waals surface area (Å²) >= 11 is 0. The molecule has 0 aliphatic rings. The largest absolute Gasteiger partial charge is 0.350 e. The van der Waals surface area contributed by atoms with E-state index in [1.165, 1.54) is 11.6 Å². The van der Waals surface area contributed by atoms with Crippen LogP contribution in [-0.2, 0) is 6.42 Å². The molecule has 5 heteroatoms. The number of amides is 1. The maximum Gasteiger partial charge on any atom is 0.254 e. The molecule has 2 rings (SSSR count). The van der Waals surface area contributed by atoms with Crippen LogP contribution in [0.1, 0.15) is 29.8 Å². The third-order valence-electron chi connectivity index (χ3n) is 4.32. The summed E-state index contributed by atoms with van der Waals surface area (Å²) in [6.45, 7) is 6.25. The molecule has 2 aromatic rings. The molecule has 25 heavy (non-hydrogen) atoms. The van der Waals surface area contributed by atoms with Gasteiger partial charge < -0.3 is 5.32 Å². The second-order valence-corrected chi connectivity index (χ2v) is 5.90. The molecule has 0 saturated heterocycles. The van der Waals surface area contributed by atoms with E-state index in [0.29, 0.717) is 6.54 Å². The number of likely N-dealkylation sites (N-methyl/N-ethyl adjacent to an activating group) is 1. The Balaban J connectivity index is 2.06. The highest BCUT2D eigenvalue weighted by Gasteiger charge is 2.19. The van der Waals surface area contributed by atoms with Crippen molar-refractivity contribution in [2.45, 2.75) is 26.3 Å². The van der Waals surface area contributed by atoms with Crippen LogP contribution in [0, 0.1) is 11.6 Å². The van der Waals surface area contributed by atoms with Crippen molar-refractivity contribution in [3.8, 4) is 0 Å². The molecule has 1 atom stereocenters. The average Bonchev–Trinajstić information content (AvgIpc) is 2.61. The van der Waals surface area contributed by atoms with Gasteiger partial charge >= 0.3 is 0 Å². The fraction of sp³-hybridized carbons (Fsp3) is 0.350. The van der Waals surface area contributed by atoms with E-state index in [1.807, 2.05) is 18.2 Å². The van der Waals surface area contributed by atoms with Crippen molar-refractivity contribution in [1.82, 2.24) is 10.2 Å². The highest BCUT2D eigenvalue weighted by Crippen LogP contribution is 2.11. The molecule has 0 fully saturated rings. The standard InChI is InChI=1S/C20H24F2N2O/c1-3-24(4-2)17(12-15-8-6-5-7-9-15)14-23-20(25)18-11-10-16(21)13-19(18)22/h5-11,13,17H,3-4,12,14H2,1-2H3,(H,23,25). The lowest BCUT2D eigenvalue weighted by Crippen LogP contribution is -2.45. The minimum atomic E-state index is -0.847. The van der Waals surface area contributed by atoms with Gasteiger partial charge in [-0.1, -0.05) is 44.2 Å². The molecule has 1 N–H and O–H groups in total. The molecule has 134 valence electrons. The van der Waals surface area contributed by atoms with E-state index < -0.39 is 17.5 Å². The molecule has 0 aliphatic carbocycles. The summed E-state index contributed by atoms with van der Waals surface area (Å²) in [5.41, 5.74) is 1.04. The van der Waals surface area contributed by atoms with Crippen LogP contribution in [0.4, 0.5) is 8.78 Å². The van der Waals surface area contributed by atoms with Gasteiger partial charge in [-0.2, -0.15) is 0 Å². The van der Waals surface area contributed by atoms with E-state index >= 15 is 0 Å². The van der Waals surface area contributed by atoms with E-state index in [9.17, 15) is 13.6 Å². The van der Waals surface area contributed by atoms with E-state index in [-0.39, 0.29) is 11.6 Å². The molecule has 0 spiro atoms. The molecular weight excluding hydrogens is 322 g/mol. The third kappa shape index (κ3) is 5.36. The van der Waals surface area contributed by atoms with Gasteiger partial charge in [0.15, 0.2) is 0 Å². The number of rotatable bonds is 8. The molecule has 3 nitrogen and oxygen atoms in total. The Morgan fingerprint density at radius 1 is 1.08 bits per heavy atom. The molecule has 2 aromatic carbocycles. The van der Waals surface area contributed by atoms with Crippen molar-refractivity contribution >= 4 is 5.91 Å². The Hall–Kier alpha value is -2.27. The molecule has 0 radical (unpaired) electrons. The topological polar surface area (TPSA) is 32.3 Å². The first kappa shape index (κ1) is 19.1. The maximum atomic E-state index is 13.8. The van der Waals surface area contributed by atoms with Crippen LogP contribution in [0.2, 0.25) is 0 Å². The number of hydrogen-bond donors (Lipinski definition) is 1. The summed E-state index contributed by atoms with van der Waals surface area (Å²) in [7, 11) is 0. The predicted molar refractivity (Wildman–Crippen MR) is 95.5 cm³/mol. The fourth-order valence-corrected chi connectivity index (χ4v) is 2.94. The molecule has 0 heterocycles. The molecule has 0 saturated carbocycles. The van der Waals surface area contributed by atoms with Crippen LogP contribution in [-0.4, -0.2) is 36.5 Å². The van der Waals surface area contributed by atoms with Gasteiger partial charge in [0.25, 0.3) is 5.91 Å². The number of nitrogens with one attached hydrogen (secondary N) is 1. The summed E-state index contributed by atoms with van der Waals surface area (Å²) in [5, 5.41) is 2.79. The summed E-state index contributed by atoms with van der Waals surface area (Å²) in [6.07, 6.45) is 0.786. The minimum absolute atomic E-state index is 0.102. The lowest BCUT2D eigenvalue weighted by atomic mass is 10.0. The zero-order chi connectivity index (χ0) is 18.2. The van der Waals surface area contributed by atoms with E-state index in [1.54, 1.807) is 0 Å². The highest BCUT2D eigenvalue weighted by molar-refractivity contribution is 5.94. The van der Waals surface area contributed by atoms with Crippen LogP contribution in [0.15, 0.2) is 48.5 Å². The molecule has 0 bridgehead atoms. The van der Waals surface area contributed by atoms with Crippen molar-refractivity contribution in [2.24, 2.45) is 0 Å². The van der Waals surface area contributed by atoms with Crippen LogP contribution in [0.25, 0.3) is 0 Å². The summed E-state index contributed by atoms with van der Waals surface area (Å²) in [4.78, 5) is 14.5. The van der Waals surface area contributed by atoms with Crippen molar-refractivity contribution in [3.63, 3.8) is 0 Å². The first-order valence-corrected chi connectivity index (χ1v) is 8.56. The Labute approximate surface area is 147 Å². The quantitative estimate of drug-likeness (QED) is 0.791. The Morgan fingerprint density at radius 3 is 2.36 bits per heavy atom. The minimum Gasteiger partial charge on any atom is -0.350 e. The molecule has 0 aliphatic heterocycles. The number of carbonyl (C=O) groups is 1. The maximum absolute atomic E-state index is 13.8. The van der Waals surface area contributed by atoms with Crippen LogP contribution < -0.4 is 5.32 Å². The highest BCUT2D eigenvalue weighted by atomic mass is 19.1. The number of hydrogen-bond acceptors (Lipinski definition) is 2. The zero-order valence-electron chi connectivity index (χ0n) is 14.6. The summed E-state index contributed by atoms with van der Waals surface area (Å²) in [6, 6.07) is 13.1. The number of benzene rings is 2. The van der Waals surface area contributed by atoms with Crippen molar-refractivity contribution < 1.29 is 13.6 Å². The van der Waals surface area contributed by atoms with Gasteiger partial charge in [-0.05, 0) is 37.2 Å². The molecule has 1 unspecified atom stereocenters.